The fourth-order valence-corrected chi connectivity index (χ4v) is 3.45. The summed E-state index contributed by atoms with van der Waals surface area (Å²) < 4.78 is 0. The van der Waals surface area contributed by atoms with Gasteiger partial charge in [0.1, 0.15) is 0 Å². The molecule has 0 aliphatic carbocycles. The van der Waals surface area contributed by atoms with Gasteiger partial charge in [0, 0.05) is 29.8 Å². The summed E-state index contributed by atoms with van der Waals surface area (Å²) in [6.45, 7) is 1.09. The minimum Gasteiger partial charge on any atom is -0.320 e. The summed E-state index contributed by atoms with van der Waals surface area (Å²) in [4.78, 5) is 14.4. The molecule has 2 aromatic carbocycles. The molecule has 0 unspecified atom stereocenters. The number of H-pyrrole nitrogens is 1. The van der Waals surface area contributed by atoms with Gasteiger partial charge in [0.25, 0.3) is 0 Å². The van der Waals surface area contributed by atoms with Crippen molar-refractivity contribution in [2.75, 3.05) is 11.9 Å². The summed E-state index contributed by atoms with van der Waals surface area (Å²) >= 11 is 12.2. The van der Waals surface area contributed by atoms with E-state index in [-0.39, 0.29) is 6.03 Å². The van der Waals surface area contributed by atoms with Crippen molar-refractivity contribution < 1.29 is 4.79 Å². The van der Waals surface area contributed by atoms with Crippen molar-refractivity contribution in [2.24, 2.45) is 0 Å². The lowest BCUT2D eigenvalue weighted by Gasteiger charge is -2.27. The number of halogens is 2. The topological polar surface area (TPSA) is 61.0 Å². The molecule has 2 amide bonds. The number of nitrogens with one attached hydrogen (secondary N) is 2. The van der Waals surface area contributed by atoms with Crippen LogP contribution in [0.15, 0.2) is 48.5 Å². The molecule has 0 bridgehead atoms. The lowest BCUT2D eigenvalue weighted by Crippen LogP contribution is -2.38. The van der Waals surface area contributed by atoms with Crippen LogP contribution in [0.5, 0.6) is 0 Å². The molecule has 3 aromatic rings. The smallest absolute Gasteiger partial charge is 0.320 e. The first-order valence-electron chi connectivity index (χ1n) is 8.25. The third-order valence-electron chi connectivity index (χ3n) is 4.46. The van der Waals surface area contributed by atoms with Gasteiger partial charge in [0.15, 0.2) is 0 Å². The number of fused-ring (bicyclic) bond motifs is 1. The van der Waals surface area contributed by atoms with E-state index in [0.717, 1.165) is 28.9 Å². The molecule has 0 atom stereocenters. The van der Waals surface area contributed by atoms with Gasteiger partial charge in [-0.1, -0.05) is 59.6 Å². The third-order valence-corrected chi connectivity index (χ3v) is 5.28. The highest BCUT2D eigenvalue weighted by Crippen LogP contribution is 2.31. The molecule has 1 aromatic heterocycles. The first-order valence-corrected chi connectivity index (χ1v) is 9.00. The van der Waals surface area contributed by atoms with Crippen LogP contribution in [0.25, 0.3) is 11.3 Å². The second-order valence-corrected chi connectivity index (χ2v) is 6.88. The van der Waals surface area contributed by atoms with Gasteiger partial charge in [-0.05, 0) is 12.1 Å². The van der Waals surface area contributed by atoms with Crippen LogP contribution in [0.1, 0.15) is 11.3 Å². The number of hydrogen-bond donors (Lipinski definition) is 2. The Kier molecular flexibility index (Phi) is 4.57. The predicted octanol–water partition coefficient (Wildman–Crippen LogP) is 4.97. The third kappa shape index (κ3) is 3.16. The Labute approximate surface area is 160 Å². The highest BCUT2D eigenvalue weighted by atomic mass is 35.5. The van der Waals surface area contributed by atoms with Gasteiger partial charge >= 0.3 is 6.03 Å². The van der Waals surface area contributed by atoms with E-state index < -0.39 is 0 Å². The Morgan fingerprint density at radius 2 is 1.92 bits per heavy atom. The zero-order chi connectivity index (χ0) is 18.1. The molecule has 0 radical (unpaired) electrons. The van der Waals surface area contributed by atoms with Crippen molar-refractivity contribution in [3.05, 3.63) is 69.8 Å². The SMILES string of the molecule is O=C(Nc1cccc(Cl)c1Cl)N1CCc2[nH]nc(-c3ccccc3)c2C1. The summed E-state index contributed by atoms with van der Waals surface area (Å²) in [5, 5.41) is 11.1. The lowest BCUT2D eigenvalue weighted by molar-refractivity contribution is 0.206. The maximum Gasteiger partial charge on any atom is 0.322 e. The molecule has 1 aliphatic rings. The van der Waals surface area contributed by atoms with E-state index in [1.807, 2.05) is 30.3 Å². The first-order chi connectivity index (χ1) is 12.6. The van der Waals surface area contributed by atoms with E-state index in [1.165, 1.54) is 0 Å². The predicted molar refractivity (Wildman–Crippen MR) is 104 cm³/mol. The molecule has 0 fully saturated rings. The summed E-state index contributed by atoms with van der Waals surface area (Å²) in [5.74, 6) is 0. The lowest BCUT2D eigenvalue weighted by atomic mass is 10.0. The molecule has 0 saturated carbocycles. The van der Waals surface area contributed by atoms with Crippen molar-refractivity contribution in [1.82, 2.24) is 15.1 Å². The fraction of sp³-hybridized carbons (Fsp3) is 0.158. The second-order valence-electron chi connectivity index (χ2n) is 6.10. The van der Waals surface area contributed by atoms with E-state index in [1.54, 1.807) is 23.1 Å². The van der Waals surface area contributed by atoms with Gasteiger partial charge in [-0.15, -0.1) is 0 Å². The van der Waals surface area contributed by atoms with E-state index in [0.29, 0.717) is 28.8 Å². The number of urea groups is 1. The van der Waals surface area contributed by atoms with Crippen molar-refractivity contribution in [3.63, 3.8) is 0 Å². The quantitative estimate of drug-likeness (QED) is 0.652. The number of carbonyl (C=O) groups excluding carboxylic acids is 1. The molecular weight excluding hydrogens is 371 g/mol. The fourth-order valence-electron chi connectivity index (χ4n) is 3.10. The molecule has 5 nitrogen and oxygen atoms in total. The van der Waals surface area contributed by atoms with Crippen molar-refractivity contribution in [1.29, 1.82) is 0 Å². The van der Waals surface area contributed by atoms with Gasteiger partial charge in [-0.3, -0.25) is 5.10 Å². The average Bonchev–Trinajstić information content (AvgIpc) is 3.09. The second kappa shape index (κ2) is 7.02. The average molecular weight is 387 g/mol. The van der Waals surface area contributed by atoms with Crippen molar-refractivity contribution >= 4 is 34.9 Å². The number of rotatable bonds is 2. The standard InChI is InChI=1S/C19H16Cl2N4O/c20-14-7-4-8-16(17(14)21)22-19(26)25-10-9-15-13(11-25)18(24-23-15)12-5-2-1-3-6-12/h1-8H,9-11H2,(H,22,26)(H,23,24). The van der Waals surface area contributed by atoms with Crippen LogP contribution in [0.4, 0.5) is 10.5 Å². The number of anilines is 1. The van der Waals surface area contributed by atoms with Crippen molar-refractivity contribution in [2.45, 2.75) is 13.0 Å². The van der Waals surface area contributed by atoms with Crippen molar-refractivity contribution in [3.8, 4) is 11.3 Å². The minimum atomic E-state index is -0.208. The largest absolute Gasteiger partial charge is 0.322 e. The van der Waals surface area contributed by atoms with Gasteiger partial charge < -0.3 is 10.2 Å². The summed E-state index contributed by atoms with van der Waals surface area (Å²) in [6, 6.07) is 14.9. The monoisotopic (exact) mass is 386 g/mol. The van der Waals surface area contributed by atoms with E-state index in [2.05, 4.69) is 15.5 Å². The van der Waals surface area contributed by atoms with Crippen LogP contribution in [0, 0.1) is 0 Å². The Bertz CT molecular complexity index is 955. The Morgan fingerprint density at radius 1 is 1.12 bits per heavy atom. The zero-order valence-corrected chi connectivity index (χ0v) is 15.3. The van der Waals surface area contributed by atoms with Gasteiger partial charge in [0.05, 0.1) is 28.0 Å². The number of benzene rings is 2. The molecule has 0 spiro atoms. The molecule has 4 rings (SSSR count). The number of aromatic amines is 1. The van der Waals surface area contributed by atoms with Gasteiger partial charge in [-0.2, -0.15) is 5.10 Å². The molecule has 1 aliphatic heterocycles. The Balaban J connectivity index is 1.56. The van der Waals surface area contributed by atoms with Crippen LogP contribution < -0.4 is 5.32 Å². The van der Waals surface area contributed by atoms with Crippen LogP contribution in [-0.4, -0.2) is 27.7 Å². The maximum atomic E-state index is 12.7. The van der Waals surface area contributed by atoms with E-state index in [9.17, 15) is 4.79 Å². The molecule has 7 heteroatoms. The minimum absolute atomic E-state index is 0.208. The van der Waals surface area contributed by atoms with Crippen LogP contribution >= 0.6 is 23.2 Å². The Hall–Kier alpha value is -2.50. The highest BCUT2D eigenvalue weighted by Gasteiger charge is 2.26. The summed E-state index contributed by atoms with van der Waals surface area (Å²) in [7, 11) is 0. The number of nitrogens with zero attached hydrogens (tertiary/aromatic N) is 2. The van der Waals surface area contributed by atoms with E-state index in [4.69, 9.17) is 23.2 Å². The van der Waals surface area contributed by atoms with Crippen LogP contribution in [-0.2, 0) is 13.0 Å². The number of hydrogen-bond acceptors (Lipinski definition) is 2. The summed E-state index contributed by atoms with van der Waals surface area (Å²) in [5.41, 5.74) is 4.55. The number of amides is 2. The highest BCUT2D eigenvalue weighted by molar-refractivity contribution is 6.43. The normalized spacial score (nSPS) is 13.4. The maximum absolute atomic E-state index is 12.7. The van der Waals surface area contributed by atoms with E-state index >= 15 is 0 Å². The Morgan fingerprint density at radius 3 is 2.73 bits per heavy atom. The zero-order valence-electron chi connectivity index (χ0n) is 13.8. The molecule has 132 valence electrons. The van der Waals surface area contributed by atoms with Gasteiger partial charge in [0.2, 0.25) is 0 Å². The van der Waals surface area contributed by atoms with Crippen LogP contribution in [0.2, 0.25) is 10.0 Å². The number of carbonyl (C=O) groups is 1. The molecule has 0 saturated heterocycles. The number of aromatic nitrogens is 2. The molecular formula is C19H16Cl2N4O. The molecule has 26 heavy (non-hydrogen) atoms. The summed E-state index contributed by atoms with van der Waals surface area (Å²) in [6.07, 6.45) is 0.728. The first kappa shape index (κ1) is 16.9. The molecule has 2 N–H and O–H groups in total. The molecule has 2 heterocycles. The van der Waals surface area contributed by atoms with Crippen LogP contribution in [0.3, 0.4) is 0 Å². The van der Waals surface area contributed by atoms with Gasteiger partial charge in [-0.25, -0.2) is 4.79 Å².